The first kappa shape index (κ1) is 14.6. The molecule has 1 saturated carbocycles. The number of amides is 1. The van der Waals surface area contributed by atoms with Crippen LogP contribution in [-0.2, 0) is 20.9 Å². The summed E-state index contributed by atoms with van der Waals surface area (Å²) in [6, 6.07) is 3.54. The van der Waals surface area contributed by atoms with E-state index in [4.69, 9.17) is 9.15 Å². The van der Waals surface area contributed by atoms with Gasteiger partial charge in [0.15, 0.2) is 0 Å². The lowest BCUT2D eigenvalue weighted by Gasteiger charge is -2.25. The van der Waals surface area contributed by atoms with E-state index < -0.39 is 12.0 Å². The Hall–Kier alpha value is -1.82. The van der Waals surface area contributed by atoms with Crippen LogP contribution in [0.15, 0.2) is 22.8 Å². The molecule has 1 aliphatic carbocycles. The fourth-order valence-electron chi connectivity index (χ4n) is 2.19. The molecule has 1 aliphatic rings. The van der Waals surface area contributed by atoms with E-state index in [0.717, 1.165) is 18.6 Å². The van der Waals surface area contributed by atoms with Crippen LogP contribution in [0.1, 0.15) is 25.5 Å². The molecule has 2 rings (SSSR count). The molecule has 0 aromatic carbocycles. The van der Waals surface area contributed by atoms with Gasteiger partial charge in [0, 0.05) is 19.5 Å². The highest BCUT2D eigenvalue weighted by molar-refractivity contribution is 5.83. The standard InChI is InChI=1S/C14H20N2O4/c1-10(17)15-13(14(18)19-2)9-16(11-5-6-11)8-12-4-3-7-20-12/h3-4,7,11,13H,5-6,8-9H2,1-2H3,(H,15,17). The molecule has 0 bridgehead atoms. The predicted octanol–water partition coefficient (Wildman–Crippen LogP) is 0.922. The first-order valence-electron chi connectivity index (χ1n) is 6.71. The number of nitrogens with zero attached hydrogens (tertiary/aromatic N) is 1. The number of furan rings is 1. The van der Waals surface area contributed by atoms with Gasteiger partial charge in [-0.3, -0.25) is 9.69 Å². The second kappa shape index (κ2) is 6.56. The summed E-state index contributed by atoms with van der Waals surface area (Å²) in [5.41, 5.74) is 0. The van der Waals surface area contributed by atoms with Gasteiger partial charge in [0.05, 0.1) is 19.9 Å². The van der Waals surface area contributed by atoms with Gasteiger partial charge < -0.3 is 14.5 Å². The zero-order chi connectivity index (χ0) is 14.5. The van der Waals surface area contributed by atoms with Gasteiger partial charge in [-0.1, -0.05) is 0 Å². The maximum absolute atomic E-state index is 11.7. The molecule has 1 fully saturated rings. The lowest BCUT2D eigenvalue weighted by atomic mass is 10.2. The van der Waals surface area contributed by atoms with Crippen molar-refractivity contribution in [3.05, 3.63) is 24.2 Å². The van der Waals surface area contributed by atoms with Crippen LogP contribution in [0.5, 0.6) is 0 Å². The average Bonchev–Trinajstić information content (AvgIpc) is 3.14. The van der Waals surface area contributed by atoms with Crippen molar-refractivity contribution >= 4 is 11.9 Å². The molecule has 1 unspecified atom stereocenters. The monoisotopic (exact) mass is 280 g/mol. The Labute approximate surface area is 118 Å². The second-order valence-electron chi connectivity index (χ2n) is 5.02. The fraction of sp³-hybridized carbons (Fsp3) is 0.571. The minimum absolute atomic E-state index is 0.242. The molecule has 0 saturated heterocycles. The Bertz CT molecular complexity index is 454. The summed E-state index contributed by atoms with van der Waals surface area (Å²) < 4.78 is 10.1. The highest BCUT2D eigenvalue weighted by Crippen LogP contribution is 2.28. The van der Waals surface area contributed by atoms with Crippen molar-refractivity contribution in [1.29, 1.82) is 0 Å². The number of nitrogens with one attached hydrogen (secondary N) is 1. The molecule has 6 heteroatoms. The number of ether oxygens (including phenoxy) is 1. The van der Waals surface area contributed by atoms with Gasteiger partial charge in [-0.15, -0.1) is 0 Å². The average molecular weight is 280 g/mol. The summed E-state index contributed by atoms with van der Waals surface area (Å²) >= 11 is 0. The van der Waals surface area contributed by atoms with E-state index in [0.29, 0.717) is 19.1 Å². The van der Waals surface area contributed by atoms with Crippen LogP contribution in [0, 0.1) is 0 Å². The van der Waals surface area contributed by atoms with E-state index in [1.165, 1.54) is 14.0 Å². The maximum atomic E-state index is 11.7. The van der Waals surface area contributed by atoms with Crippen molar-refractivity contribution in [1.82, 2.24) is 10.2 Å². The molecule has 0 spiro atoms. The molecule has 1 N–H and O–H groups in total. The summed E-state index contributed by atoms with van der Waals surface area (Å²) in [5, 5.41) is 2.64. The third kappa shape index (κ3) is 4.09. The third-order valence-corrected chi connectivity index (χ3v) is 3.28. The normalized spacial score (nSPS) is 15.9. The first-order valence-corrected chi connectivity index (χ1v) is 6.71. The quantitative estimate of drug-likeness (QED) is 0.752. The van der Waals surface area contributed by atoms with Crippen LogP contribution in [-0.4, -0.2) is 42.5 Å². The number of methoxy groups -OCH3 is 1. The van der Waals surface area contributed by atoms with Crippen LogP contribution in [0.25, 0.3) is 0 Å². The summed E-state index contributed by atoms with van der Waals surface area (Å²) in [5.74, 6) is 0.183. The molecule has 20 heavy (non-hydrogen) atoms. The first-order chi connectivity index (χ1) is 9.60. The maximum Gasteiger partial charge on any atom is 0.329 e. The third-order valence-electron chi connectivity index (χ3n) is 3.28. The van der Waals surface area contributed by atoms with Crippen molar-refractivity contribution in [2.75, 3.05) is 13.7 Å². The lowest BCUT2D eigenvalue weighted by Crippen LogP contribution is -2.48. The van der Waals surface area contributed by atoms with Crippen molar-refractivity contribution in [3.8, 4) is 0 Å². The number of esters is 1. The van der Waals surface area contributed by atoms with Crippen molar-refractivity contribution < 1.29 is 18.7 Å². The van der Waals surface area contributed by atoms with E-state index in [1.807, 2.05) is 12.1 Å². The van der Waals surface area contributed by atoms with Crippen molar-refractivity contribution in [2.24, 2.45) is 0 Å². The van der Waals surface area contributed by atoms with Gasteiger partial charge >= 0.3 is 5.97 Å². The summed E-state index contributed by atoms with van der Waals surface area (Å²) in [6.07, 6.45) is 3.84. The highest BCUT2D eigenvalue weighted by Gasteiger charge is 2.33. The number of carbonyl (C=O) groups is 2. The van der Waals surface area contributed by atoms with Gasteiger partial charge in [0.2, 0.25) is 5.91 Å². The van der Waals surface area contributed by atoms with Crippen molar-refractivity contribution in [2.45, 2.75) is 38.4 Å². The molecule has 1 aromatic heterocycles. The molecule has 0 aliphatic heterocycles. The second-order valence-corrected chi connectivity index (χ2v) is 5.02. The largest absolute Gasteiger partial charge is 0.468 e. The van der Waals surface area contributed by atoms with Crippen LogP contribution in [0.2, 0.25) is 0 Å². The smallest absolute Gasteiger partial charge is 0.329 e. The minimum atomic E-state index is -0.645. The lowest BCUT2D eigenvalue weighted by molar-refractivity contribution is -0.145. The number of hydrogen-bond donors (Lipinski definition) is 1. The summed E-state index contributed by atoms with van der Waals surface area (Å²) in [6.45, 7) is 2.45. The van der Waals surface area contributed by atoms with Crippen LogP contribution < -0.4 is 5.32 Å². The molecule has 1 heterocycles. The van der Waals surface area contributed by atoms with E-state index >= 15 is 0 Å². The van der Waals surface area contributed by atoms with Crippen LogP contribution in [0.3, 0.4) is 0 Å². The number of hydrogen-bond acceptors (Lipinski definition) is 5. The Morgan fingerprint density at radius 2 is 2.30 bits per heavy atom. The minimum Gasteiger partial charge on any atom is -0.468 e. The Balaban J connectivity index is 2.00. The zero-order valence-electron chi connectivity index (χ0n) is 11.8. The molecule has 1 atom stereocenters. The summed E-state index contributed by atoms with van der Waals surface area (Å²) in [7, 11) is 1.32. The molecular weight excluding hydrogens is 260 g/mol. The number of carbonyl (C=O) groups excluding carboxylic acids is 2. The fourth-order valence-corrected chi connectivity index (χ4v) is 2.19. The van der Waals surface area contributed by atoms with E-state index in [9.17, 15) is 9.59 Å². The van der Waals surface area contributed by atoms with Crippen LogP contribution in [0.4, 0.5) is 0 Å². The predicted molar refractivity (Wildman–Crippen MR) is 71.8 cm³/mol. The van der Waals surface area contributed by atoms with E-state index in [1.54, 1.807) is 6.26 Å². The molecule has 6 nitrogen and oxygen atoms in total. The van der Waals surface area contributed by atoms with Crippen LogP contribution >= 0.6 is 0 Å². The molecule has 110 valence electrons. The molecule has 1 amide bonds. The zero-order valence-corrected chi connectivity index (χ0v) is 11.8. The Morgan fingerprint density at radius 3 is 2.80 bits per heavy atom. The van der Waals surface area contributed by atoms with Gasteiger partial charge in [-0.05, 0) is 25.0 Å². The van der Waals surface area contributed by atoms with Gasteiger partial charge in [-0.2, -0.15) is 0 Å². The van der Waals surface area contributed by atoms with Gasteiger partial charge in [0.25, 0.3) is 0 Å². The van der Waals surface area contributed by atoms with E-state index in [-0.39, 0.29) is 5.91 Å². The highest BCUT2D eigenvalue weighted by atomic mass is 16.5. The molecule has 1 aromatic rings. The molecular formula is C14H20N2O4. The van der Waals surface area contributed by atoms with Gasteiger partial charge in [0.1, 0.15) is 11.8 Å². The number of rotatable bonds is 7. The summed E-state index contributed by atoms with van der Waals surface area (Å²) in [4.78, 5) is 25.1. The van der Waals surface area contributed by atoms with Crippen molar-refractivity contribution in [3.63, 3.8) is 0 Å². The Morgan fingerprint density at radius 1 is 1.55 bits per heavy atom. The topological polar surface area (TPSA) is 71.8 Å². The SMILES string of the molecule is COC(=O)C(CN(Cc1ccco1)C1CC1)NC(C)=O. The van der Waals surface area contributed by atoms with E-state index in [2.05, 4.69) is 10.2 Å². The van der Waals surface area contributed by atoms with Gasteiger partial charge in [-0.25, -0.2) is 4.79 Å². The Kier molecular flexibility index (Phi) is 4.79. The molecule has 0 radical (unpaired) electrons.